The molecule has 2 aromatic rings. The fourth-order valence-electron chi connectivity index (χ4n) is 1.72. The van der Waals surface area contributed by atoms with Crippen LogP contribution in [-0.2, 0) is 21.7 Å². The third kappa shape index (κ3) is 3.24. The number of carbonyl (C=O) groups is 1. The lowest BCUT2D eigenvalue weighted by atomic mass is 10.2. The first kappa shape index (κ1) is 14.3. The monoisotopic (exact) mass is 293 g/mol. The molecule has 6 nitrogen and oxygen atoms in total. The summed E-state index contributed by atoms with van der Waals surface area (Å²) in [5, 5.41) is 2.44. The molecule has 0 bridgehead atoms. The van der Waals surface area contributed by atoms with Crippen molar-refractivity contribution in [2.24, 2.45) is 7.05 Å². The zero-order valence-corrected chi connectivity index (χ0v) is 12.0. The van der Waals surface area contributed by atoms with Crippen molar-refractivity contribution in [3.05, 3.63) is 42.2 Å². The highest BCUT2D eigenvalue weighted by molar-refractivity contribution is 7.92. The van der Waals surface area contributed by atoms with E-state index in [9.17, 15) is 13.2 Å². The Morgan fingerprint density at radius 2 is 1.95 bits per heavy atom. The number of nitrogens with zero attached hydrogens (tertiary/aromatic N) is 2. The molecule has 0 aliphatic heterocycles. The van der Waals surface area contributed by atoms with Crippen LogP contribution < -0.4 is 5.32 Å². The molecular weight excluding hydrogens is 278 g/mol. The van der Waals surface area contributed by atoms with Crippen LogP contribution in [0.3, 0.4) is 0 Å². The Morgan fingerprint density at radius 1 is 1.30 bits per heavy atom. The molecule has 20 heavy (non-hydrogen) atoms. The number of nitrogens with one attached hydrogen (secondary N) is 1. The van der Waals surface area contributed by atoms with E-state index in [1.807, 2.05) is 19.1 Å². The Kier molecular flexibility index (Phi) is 3.89. The molecule has 0 unspecified atom stereocenters. The van der Waals surface area contributed by atoms with E-state index < -0.39 is 21.5 Å². The van der Waals surface area contributed by atoms with Gasteiger partial charge in [-0.3, -0.25) is 4.79 Å². The van der Waals surface area contributed by atoms with E-state index in [1.54, 1.807) is 19.2 Å². The Hall–Kier alpha value is -2.15. The molecule has 0 atom stereocenters. The lowest BCUT2D eigenvalue weighted by molar-refractivity contribution is -0.113. The zero-order valence-electron chi connectivity index (χ0n) is 11.2. The number of anilines is 1. The summed E-state index contributed by atoms with van der Waals surface area (Å²) in [6.45, 7) is 1.93. The SMILES string of the molecule is Cc1ccc(NC(=O)CS(=O)(=O)c2nccn2C)cc1. The second-order valence-electron chi connectivity index (χ2n) is 4.49. The topological polar surface area (TPSA) is 81.1 Å². The number of benzene rings is 1. The van der Waals surface area contributed by atoms with E-state index in [2.05, 4.69) is 10.3 Å². The van der Waals surface area contributed by atoms with Crippen LogP contribution in [-0.4, -0.2) is 29.6 Å². The molecule has 106 valence electrons. The molecule has 0 radical (unpaired) electrons. The highest BCUT2D eigenvalue weighted by Gasteiger charge is 2.23. The highest BCUT2D eigenvalue weighted by atomic mass is 32.2. The number of carbonyl (C=O) groups excluding carboxylic acids is 1. The number of hydrogen-bond donors (Lipinski definition) is 1. The maximum atomic E-state index is 12.0. The fraction of sp³-hybridized carbons (Fsp3) is 0.231. The molecule has 0 spiro atoms. The number of amides is 1. The maximum Gasteiger partial charge on any atom is 0.240 e. The van der Waals surface area contributed by atoms with Crippen LogP contribution in [0.5, 0.6) is 0 Å². The molecule has 1 N–H and O–H groups in total. The van der Waals surface area contributed by atoms with E-state index in [-0.39, 0.29) is 5.16 Å². The minimum Gasteiger partial charge on any atom is -0.325 e. The average molecular weight is 293 g/mol. The number of hydrogen-bond acceptors (Lipinski definition) is 4. The standard InChI is InChI=1S/C13H15N3O3S/c1-10-3-5-11(6-4-10)15-12(17)9-20(18,19)13-14-7-8-16(13)2/h3-8H,9H2,1-2H3,(H,15,17). The second-order valence-corrected chi connectivity index (χ2v) is 6.38. The Morgan fingerprint density at radius 3 is 2.50 bits per heavy atom. The third-order valence-electron chi connectivity index (χ3n) is 2.71. The van der Waals surface area contributed by atoms with Crippen LogP contribution in [0.15, 0.2) is 41.8 Å². The van der Waals surface area contributed by atoms with Gasteiger partial charge in [0.2, 0.25) is 20.9 Å². The summed E-state index contributed by atoms with van der Waals surface area (Å²) in [6, 6.07) is 7.12. The predicted octanol–water partition coefficient (Wildman–Crippen LogP) is 1.14. The molecule has 0 aliphatic carbocycles. The smallest absolute Gasteiger partial charge is 0.240 e. The fourth-order valence-corrected chi connectivity index (χ4v) is 2.99. The average Bonchev–Trinajstić information content (AvgIpc) is 2.78. The summed E-state index contributed by atoms with van der Waals surface area (Å²) < 4.78 is 25.4. The van der Waals surface area contributed by atoms with E-state index in [0.29, 0.717) is 5.69 Å². The largest absolute Gasteiger partial charge is 0.325 e. The first-order valence-corrected chi connectivity index (χ1v) is 7.60. The van der Waals surface area contributed by atoms with Gasteiger partial charge in [0.05, 0.1) is 0 Å². The van der Waals surface area contributed by atoms with Crippen molar-refractivity contribution >= 4 is 21.4 Å². The molecule has 0 saturated carbocycles. The number of aryl methyl sites for hydroxylation is 2. The van der Waals surface area contributed by atoms with E-state index >= 15 is 0 Å². The van der Waals surface area contributed by atoms with Crippen molar-refractivity contribution in [2.75, 3.05) is 11.1 Å². The maximum absolute atomic E-state index is 12.0. The van der Waals surface area contributed by atoms with Gasteiger partial charge in [-0.1, -0.05) is 17.7 Å². The van der Waals surface area contributed by atoms with Crippen molar-refractivity contribution < 1.29 is 13.2 Å². The van der Waals surface area contributed by atoms with Gasteiger partial charge in [0.1, 0.15) is 5.75 Å². The molecule has 1 amide bonds. The summed E-state index contributed by atoms with van der Waals surface area (Å²) in [4.78, 5) is 15.5. The minimum absolute atomic E-state index is 0.114. The van der Waals surface area contributed by atoms with Crippen LogP contribution in [0, 0.1) is 6.92 Å². The molecule has 1 aromatic carbocycles. The minimum atomic E-state index is -3.74. The van der Waals surface area contributed by atoms with Gasteiger partial charge in [-0.2, -0.15) is 0 Å². The summed E-state index contributed by atoms with van der Waals surface area (Å²) in [7, 11) is -2.17. The Balaban J connectivity index is 2.08. The number of rotatable bonds is 4. The molecule has 1 heterocycles. The molecule has 2 rings (SSSR count). The first-order valence-electron chi connectivity index (χ1n) is 5.95. The number of imidazole rings is 1. The summed E-state index contributed by atoms with van der Waals surface area (Å²) in [5.41, 5.74) is 1.62. The van der Waals surface area contributed by atoms with Crippen molar-refractivity contribution in [1.29, 1.82) is 0 Å². The quantitative estimate of drug-likeness (QED) is 0.916. The van der Waals surface area contributed by atoms with Gasteiger partial charge in [0.15, 0.2) is 0 Å². The van der Waals surface area contributed by atoms with Crippen LogP contribution in [0.2, 0.25) is 0 Å². The van der Waals surface area contributed by atoms with Gasteiger partial charge in [0.25, 0.3) is 0 Å². The van der Waals surface area contributed by atoms with Gasteiger partial charge >= 0.3 is 0 Å². The highest BCUT2D eigenvalue weighted by Crippen LogP contribution is 2.11. The Bertz CT molecular complexity index is 718. The van der Waals surface area contributed by atoms with Crippen molar-refractivity contribution in [3.8, 4) is 0 Å². The van der Waals surface area contributed by atoms with Gasteiger partial charge in [-0.05, 0) is 19.1 Å². The lowest BCUT2D eigenvalue weighted by Gasteiger charge is -2.06. The second kappa shape index (κ2) is 5.46. The third-order valence-corrected chi connectivity index (χ3v) is 4.30. The summed E-state index contributed by atoms with van der Waals surface area (Å²) >= 11 is 0. The van der Waals surface area contributed by atoms with Crippen molar-refractivity contribution in [1.82, 2.24) is 9.55 Å². The van der Waals surface area contributed by atoms with Gasteiger partial charge in [0, 0.05) is 25.1 Å². The van der Waals surface area contributed by atoms with Crippen LogP contribution in [0.4, 0.5) is 5.69 Å². The first-order chi connectivity index (χ1) is 9.38. The normalized spacial score (nSPS) is 11.3. The molecule has 0 fully saturated rings. The van der Waals surface area contributed by atoms with E-state index in [1.165, 1.54) is 17.0 Å². The van der Waals surface area contributed by atoms with Crippen LogP contribution >= 0.6 is 0 Å². The van der Waals surface area contributed by atoms with Gasteiger partial charge < -0.3 is 9.88 Å². The molecule has 7 heteroatoms. The van der Waals surface area contributed by atoms with Crippen LogP contribution in [0.1, 0.15) is 5.56 Å². The van der Waals surface area contributed by atoms with Gasteiger partial charge in [-0.25, -0.2) is 13.4 Å². The van der Waals surface area contributed by atoms with Crippen molar-refractivity contribution in [3.63, 3.8) is 0 Å². The summed E-state index contributed by atoms with van der Waals surface area (Å²) in [5.74, 6) is -1.22. The summed E-state index contributed by atoms with van der Waals surface area (Å²) in [6.07, 6.45) is 2.90. The predicted molar refractivity (Wildman–Crippen MR) is 75.1 cm³/mol. The van der Waals surface area contributed by atoms with E-state index in [4.69, 9.17) is 0 Å². The van der Waals surface area contributed by atoms with Gasteiger partial charge in [-0.15, -0.1) is 0 Å². The Labute approximate surface area is 117 Å². The molecule has 0 aliphatic rings. The zero-order chi connectivity index (χ0) is 14.8. The van der Waals surface area contributed by atoms with Crippen LogP contribution in [0.25, 0.3) is 0 Å². The molecule has 0 saturated heterocycles. The van der Waals surface area contributed by atoms with E-state index in [0.717, 1.165) is 5.56 Å². The molecular formula is C13H15N3O3S. The number of aromatic nitrogens is 2. The lowest BCUT2D eigenvalue weighted by Crippen LogP contribution is -2.24. The number of sulfone groups is 1. The molecule has 1 aromatic heterocycles. The van der Waals surface area contributed by atoms with Crippen molar-refractivity contribution in [2.45, 2.75) is 12.1 Å².